The number of esters is 1. The number of hydrogen-bond acceptors (Lipinski definition) is 3. The van der Waals surface area contributed by atoms with Crippen LogP contribution in [-0.4, -0.2) is 24.8 Å². The summed E-state index contributed by atoms with van der Waals surface area (Å²) in [7, 11) is 0. The molecule has 0 fully saturated rings. The van der Waals surface area contributed by atoms with Crippen LogP contribution in [0.15, 0.2) is 0 Å². The van der Waals surface area contributed by atoms with Crippen molar-refractivity contribution in [2.24, 2.45) is 0 Å². The van der Waals surface area contributed by atoms with E-state index in [2.05, 4.69) is 9.47 Å². The smallest absolute Gasteiger partial charge is 0.456 e. The van der Waals surface area contributed by atoms with E-state index in [1.165, 1.54) is 20.8 Å². The highest BCUT2D eigenvalue weighted by atomic mass is 19.3. The summed E-state index contributed by atoms with van der Waals surface area (Å²) >= 11 is 0. The number of hydrogen-bond donors (Lipinski definition) is 0. The fourth-order valence-electron chi connectivity index (χ4n) is 0.559. The minimum atomic E-state index is -3.83. The highest BCUT2D eigenvalue weighted by Crippen LogP contribution is 2.19. The zero-order chi connectivity index (χ0) is 9.78. The molecule has 12 heavy (non-hydrogen) atoms. The first kappa shape index (κ1) is 11.3. The van der Waals surface area contributed by atoms with Crippen LogP contribution in [0, 0.1) is 0 Å². The van der Waals surface area contributed by atoms with Gasteiger partial charge in [0.15, 0.2) is 0 Å². The van der Waals surface area contributed by atoms with Crippen LogP contribution in [-0.2, 0) is 14.3 Å². The molecule has 0 aliphatic heterocycles. The molecular weight excluding hydrogens is 170 g/mol. The van der Waals surface area contributed by atoms with Gasteiger partial charge >= 0.3 is 12.1 Å². The van der Waals surface area contributed by atoms with Crippen LogP contribution in [0.2, 0.25) is 0 Å². The van der Waals surface area contributed by atoms with E-state index in [-0.39, 0.29) is 6.61 Å². The second kappa shape index (κ2) is 4.35. The molecule has 0 amide bonds. The molecule has 0 unspecified atom stereocenters. The van der Waals surface area contributed by atoms with Crippen LogP contribution in [0.3, 0.4) is 0 Å². The Hall–Kier alpha value is -0.710. The molecular formula is C7H12F2O3. The maximum atomic E-state index is 12.6. The Morgan fingerprint density at radius 3 is 2.33 bits per heavy atom. The molecule has 0 aromatic rings. The predicted molar refractivity (Wildman–Crippen MR) is 37.8 cm³/mol. The molecule has 0 aromatic heterocycles. The first-order valence-electron chi connectivity index (χ1n) is 3.63. The van der Waals surface area contributed by atoms with Crippen LogP contribution in [0.5, 0.6) is 0 Å². The van der Waals surface area contributed by atoms with Crippen molar-refractivity contribution in [3.63, 3.8) is 0 Å². The molecule has 0 saturated heterocycles. The highest BCUT2D eigenvalue weighted by molar-refractivity contribution is 5.75. The van der Waals surface area contributed by atoms with Gasteiger partial charge in [0.05, 0.1) is 12.7 Å². The lowest BCUT2D eigenvalue weighted by Gasteiger charge is -2.16. The van der Waals surface area contributed by atoms with Gasteiger partial charge in [0, 0.05) is 0 Å². The summed E-state index contributed by atoms with van der Waals surface area (Å²) in [5, 5.41) is 0. The Morgan fingerprint density at radius 2 is 2.00 bits per heavy atom. The Morgan fingerprint density at radius 1 is 1.50 bits per heavy atom. The topological polar surface area (TPSA) is 35.5 Å². The van der Waals surface area contributed by atoms with Crippen LogP contribution >= 0.6 is 0 Å². The summed E-state index contributed by atoms with van der Waals surface area (Å²) in [6, 6.07) is 0. The van der Waals surface area contributed by atoms with Gasteiger partial charge in [-0.25, -0.2) is 4.79 Å². The normalized spacial score (nSPS) is 11.8. The lowest BCUT2D eigenvalue weighted by molar-refractivity contribution is -0.261. The van der Waals surface area contributed by atoms with Crippen molar-refractivity contribution in [2.75, 3.05) is 6.61 Å². The zero-order valence-corrected chi connectivity index (χ0v) is 7.27. The number of carbonyl (C=O) groups excluding carboxylic acids is 1. The SMILES string of the molecule is CCOC(=O)C(F)(F)OC(C)C. The molecule has 0 bridgehead atoms. The number of rotatable bonds is 4. The van der Waals surface area contributed by atoms with Gasteiger partial charge in [0.2, 0.25) is 0 Å². The Kier molecular flexibility index (Phi) is 4.09. The molecule has 5 heteroatoms. The van der Waals surface area contributed by atoms with Crippen LogP contribution in [0.4, 0.5) is 8.78 Å². The van der Waals surface area contributed by atoms with Gasteiger partial charge in [0.25, 0.3) is 0 Å². The standard InChI is InChI=1S/C7H12F2O3/c1-4-11-6(10)7(8,9)12-5(2)3/h5H,4H2,1-3H3. The Labute approximate surface area is 69.6 Å². The molecule has 3 nitrogen and oxygen atoms in total. The van der Waals surface area contributed by atoms with E-state index in [9.17, 15) is 13.6 Å². The van der Waals surface area contributed by atoms with Gasteiger partial charge < -0.3 is 9.47 Å². The van der Waals surface area contributed by atoms with Crippen molar-refractivity contribution in [1.82, 2.24) is 0 Å². The van der Waals surface area contributed by atoms with E-state index in [4.69, 9.17) is 0 Å². The quantitative estimate of drug-likeness (QED) is 0.619. The van der Waals surface area contributed by atoms with E-state index >= 15 is 0 Å². The predicted octanol–water partition coefficient (Wildman–Crippen LogP) is 1.57. The lowest BCUT2D eigenvalue weighted by Crippen LogP contribution is -2.36. The fraction of sp³-hybridized carbons (Fsp3) is 0.857. The van der Waals surface area contributed by atoms with Crippen molar-refractivity contribution in [3.8, 4) is 0 Å². The van der Waals surface area contributed by atoms with Crippen molar-refractivity contribution in [2.45, 2.75) is 33.0 Å². The van der Waals surface area contributed by atoms with Crippen molar-refractivity contribution >= 4 is 5.97 Å². The average molecular weight is 182 g/mol. The highest BCUT2D eigenvalue weighted by Gasteiger charge is 2.43. The van der Waals surface area contributed by atoms with Gasteiger partial charge in [-0.3, -0.25) is 0 Å². The van der Waals surface area contributed by atoms with Gasteiger partial charge in [-0.15, -0.1) is 0 Å². The van der Waals surface area contributed by atoms with E-state index in [1.54, 1.807) is 0 Å². The summed E-state index contributed by atoms with van der Waals surface area (Å²) in [5.74, 6) is -1.64. The minimum absolute atomic E-state index is 0.0874. The molecule has 0 radical (unpaired) electrons. The van der Waals surface area contributed by atoms with E-state index in [0.29, 0.717) is 0 Å². The van der Waals surface area contributed by atoms with Gasteiger partial charge in [-0.05, 0) is 20.8 Å². The molecule has 0 heterocycles. The van der Waals surface area contributed by atoms with E-state index in [1.807, 2.05) is 0 Å². The first-order chi connectivity index (χ1) is 5.40. The molecule has 0 N–H and O–H groups in total. The van der Waals surface area contributed by atoms with Crippen LogP contribution in [0.1, 0.15) is 20.8 Å². The number of carbonyl (C=O) groups is 1. The number of alkyl halides is 2. The summed E-state index contributed by atoms with van der Waals surface area (Å²) in [6.45, 7) is 4.18. The Bertz CT molecular complexity index is 157. The van der Waals surface area contributed by atoms with Crippen LogP contribution < -0.4 is 0 Å². The molecule has 0 rings (SSSR count). The fourth-order valence-corrected chi connectivity index (χ4v) is 0.559. The van der Waals surface area contributed by atoms with Gasteiger partial charge in [0.1, 0.15) is 0 Å². The molecule has 72 valence electrons. The van der Waals surface area contributed by atoms with Crippen molar-refractivity contribution in [3.05, 3.63) is 0 Å². The van der Waals surface area contributed by atoms with E-state index in [0.717, 1.165) is 0 Å². The minimum Gasteiger partial charge on any atom is -0.460 e. The molecule has 0 saturated carbocycles. The number of halogens is 2. The van der Waals surface area contributed by atoms with E-state index < -0.39 is 18.2 Å². The average Bonchev–Trinajstić information content (AvgIpc) is 1.85. The Balaban J connectivity index is 4.09. The third-order valence-corrected chi connectivity index (χ3v) is 0.897. The summed E-state index contributed by atoms with van der Waals surface area (Å²) in [6.07, 6.45) is -4.55. The second-order valence-corrected chi connectivity index (χ2v) is 2.40. The maximum Gasteiger partial charge on any atom is 0.456 e. The maximum absolute atomic E-state index is 12.6. The van der Waals surface area contributed by atoms with Gasteiger partial charge in [-0.1, -0.05) is 0 Å². The summed E-state index contributed by atoms with van der Waals surface area (Å²) in [5.41, 5.74) is 0. The molecule has 0 atom stereocenters. The van der Waals surface area contributed by atoms with Crippen molar-refractivity contribution < 1.29 is 23.0 Å². The lowest BCUT2D eigenvalue weighted by atomic mass is 10.5. The second-order valence-electron chi connectivity index (χ2n) is 2.40. The molecule has 0 aromatic carbocycles. The molecule has 0 aliphatic carbocycles. The van der Waals surface area contributed by atoms with Gasteiger partial charge in [-0.2, -0.15) is 8.78 Å². The number of ether oxygens (including phenoxy) is 2. The monoisotopic (exact) mass is 182 g/mol. The largest absolute Gasteiger partial charge is 0.460 e. The third kappa shape index (κ3) is 3.61. The first-order valence-corrected chi connectivity index (χ1v) is 3.63. The third-order valence-electron chi connectivity index (χ3n) is 0.897. The molecule has 0 spiro atoms. The van der Waals surface area contributed by atoms with Crippen molar-refractivity contribution in [1.29, 1.82) is 0 Å². The summed E-state index contributed by atoms with van der Waals surface area (Å²) in [4.78, 5) is 10.5. The molecule has 0 aliphatic rings. The zero-order valence-electron chi connectivity index (χ0n) is 7.27. The summed E-state index contributed by atoms with van der Waals surface area (Å²) < 4.78 is 33.3. The van der Waals surface area contributed by atoms with Crippen LogP contribution in [0.25, 0.3) is 0 Å².